The molecule has 1 aromatic heterocycles. The summed E-state index contributed by atoms with van der Waals surface area (Å²) in [7, 11) is 2.19. The normalized spacial score (nSPS) is 23.5. The lowest BCUT2D eigenvalue weighted by molar-refractivity contribution is 0.238. The van der Waals surface area contributed by atoms with Gasteiger partial charge in [-0.1, -0.05) is 0 Å². The summed E-state index contributed by atoms with van der Waals surface area (Å²) in [6.45, 7) is 4.54. The molecule has 3 nitrogen and oxygen atoms in total. The standard InChI is InChI=1S/C11H19N3S/c1-9(11-13-6-7-15-11)14(2)8-10-4-3-5-12-10/h6-7,9-10,12H,3-5,8H2,1-2H3/t9-,10+/m1/s1. The van der Waals surface area contributed by atoms with Gasteiger partial charge < -0.3 is 5.32 Å². The Balaban J connectivity index is 1.87. The zero-order valence-electron chi connectivity index (χ0n) is 9.44. The van der Waals surface area contributed by atoms with Gasteiger partial charge in [-0.3, -0.25) is 4.90 Å². The van der Waals surface area contributed by atoms with Gasteiger partial charge in [0.2, 0.25) is 0 Å². The van der Waals surface area contributed by atoms with E-state index in [1.54, 1.807) is 11.3 Å². The minimum atomic E-state index is 0.437. The van der Waals surface area contributed by atoms with Gasteiger partial charge in [0, 0.05) is 24.2 Å². The number of nitrogens with zero attached hydrogens (tertiary/aromatic N) is 2. The number of hydrogen-bond donors (Lipinski definition) is 1. The van der Waals surface area contributed by atoms with Gasteiger partial charge in [-0.2, -0.15) is 0 Å². The van der Waals surface area contributed by atoms with E-state index < -0.39 is 0 Å². The highest BCUT2D eigenvalue weighted by molar-refractivity contribution is 7.09. The van der Waals surface area contributed by atoms with Crippen LogP contribution in [0, 0.1) is 0 Å². The number of nitrogens with one attached hydrogen (secondary N) is 1. The van der Waals surface area contributed by atoms with Crippen LogP contribution in [0.25, 0.3) is 0 Å². The van der Waals surface area contributed by atoms with Gasteiger partial charge in [0.15, 0.2) is 0 Å². The second-order valence-corrected chi connectivity index (χ2v) is 5.21. The van der Waals surface area contributed by atoms with E-state index in [0.717, 1.165) is 6.54 Å². The molecule has 4 heteroatoms. The van der Waals surface area contributed by atoms with Crippen molar-refractivity contribution in [2.24, 2.45) is 0 Å². The second-order valence-electron chi connectivity index (χ2n) is 4.28. The molecule has 1 N–H and O–H groups in total. The molecule has 1 aromatic rings. The molecule has 2 atom stereocenters. The molecular formula is C11H19N3S. The van der Waals surface area contributed by atoms with Crippen LogP contribution >= 0.6 is 11.3 Å². The topological polar surface area (TPSA) is 28.2 Å². The average Bonchev–Trinajstić information content (AvgIpc) is 2.88. The Morgan fingerprint density at radius 3 is 3.20 bits per heavy atom. The van der Waals surface area contributed by atoms with Gasteiger partial charge in [-0.15, -0.1) is 11.3 Å². The highest BCUT2D eigenvalue weighted by Gasteiger charge is 2.20. The molecule has 0 aromatic carbocycles. The zero-order valence-corrected chi connectivity index (χ0v) is 10.3. The first-order valence-electron chi connectivity index (χ1n) is 5.60. The monoisotopic (exact) mass is 225 g/mol. The number of thiazole rings is 1. The van der Waals surface area contributed by atoms with E-state index in [0.29, 0.717) is 12.1 Å². The van der Waals surface area contributed by atoms with Crippen molar-refractivity contribution in [1.82, 2.24) is 15.2 Å². The van der Waals surface area contributed by atoms with Crippen LogP contribution in [0.3, 0.4) is 0 Å². The van der Waals surface area contributed by atoms with Crippen molar-refractivity contribution >= 4 is 11.3 Å². The Bertz CT molecular complexity index is 280. The lowest BCUT2D eigenvalue weighted by atomic mass is 10.2. The lowest BCUT2D eigenvalue weighted by Gasteiger charge is -2.26. The first-order chi connectivity index (χ1) is 7.27. The summed E-state index contributed by atoms with van der Waals surface area (Å²) in [5.41, 5.74) is 0. The molecule has 2 heterocycles. The minimum Gasteiger partial charge on any atom is -0.313 e. The van der Waals surface area contributed by atoms with E-state index in [9.17, 15) is 0 Å². The molecule has 0 aliphatic carbocycles. The van der Waals surface area contributed by atoms with Crippen LogP contribution < -0.4 is 5.32 Å². The molecule has 1 aliphatic rings. The molecule has 15 heavy (non-hydrogen) atoms. The molecule has 0 saturated carbocycles. The molecule has 1 saturated heterocycles. The number of hydrogen-bond acceptors (Lipinski definition) is 4. The fourth-order valence-electron chi connectivity index (χ4n) is 2.05. The summed E-state index contributed by atoms with van der Waals surface area (Å²) >= 11 is 1.74. The van der Waals surface area contributed by atoms with Gasteiger partial charge in [-0.25, -0.2) is 4.98 Å². The Kier molecular flexibility index (Phi) is 3.72. The second kappa shape index (κ2) is 5.05. The van der Waals surface area contributed by atoms with Crippen LogP contribution in [0.1, 0.15) is 30.8 Å². The van der Waals surface area contributed by atoms with Crippen LogP contribution in [0.15, 0.2) is 11.6 Å². The van der Waals surface area contributed by atoms with Gasteiger partial charge >= 0.3 is 0 Å². The number of rotatable bonds is 4. The van der Waals surface area contributed by atoms with Crippen LogP contribution in [0.5, 0.6) is 0 Å². The Morgan fingerprint density at radius 2 is 2.60 bits per heavy atom. The maximum Gasteiger partial charge on any atom is 0.109 e. The summed E-state index contributed by atoms with van der Waals surface area (Å²) < 4.78 is 0. The summed E-state index contributed by atoms with van der Waals surface area (Å²) in [5.74, 6) is 0. The molecule has 1 fully saturated rings. The third kappa shape index (κ3) is 2.77. The Morgan fingerprint density at radius 1 is 1.73 bits per heavy atom. The summed E-state index contributed by atoms with van der Waals surface area (Å²) in [5, 5.41) is 6.80. The van der Waals surface area contributed by atoms with E-state index in [2.05, 4.69) is 29.2 Å². The number of likely N-dealkylation sites (N-methyl/N-ethyl adjacent to an activating group) is 1. The summed E-state index contributed by atoms with van der Waals surface area (Å²) in [6, 6.07) is 1.12. The largest absolute Gasteiger partial charge is 0.313 e. The van der Waals surface area contributed by atoms with E-state index in [1.165, 1.54) is 24.4 Å². The van der Waals surface area contributed by atoms with Crippen LogP contribution in [0.4, 0.5) is 0 Å². The summed E-state index contributed by atoms with van der Waals surface area (Å²) in [4.78, 5) is 6.76. The van der Waals surface area contributed by atoms with Crippen molar-refractivity contribution in [2.45, 2.75) is 31.8 Å². The predicted molar refractivity (Wildman–Crippen MR) is 64.2 cm³/mol. The Hall–Kier alpha value is -0.450. The molecule has 0 bridgehead atoms. The van der Waals surface area contributed by atoms with Gasteiger partial charge in [-0.05, 0) is 33.4 Å². The van der Waals surface area contributed by atoms with Crippen LogP contribution in [0.2, 0.25) is 0 Å². The molecule has 0 amide bonds. The van der Waals surface area contributed by atoms with Crippen LogP contribution in [-0.2, 0) is 0 Å². The zero-order chi connectivity index (χ0) is 10.7. The maximum atomic E-state index is 4.37. The van der Waals surface area contributed by atoms with Crippen LogP contribution in [-0.4, -0.2) is 36.1 Å². The van der Waals surface area contributed by atoms with Crippen molar-refractivity contribution in [1.29, 1.82) is 0 Å². The Labute approximate surface area is 95.5 Å². The molecule has 0 unspecified atom stereocenters. The number of aromatic nitrogens is 1. The quantitative estimate of drug-likeness (QED) is 0.848. The van der Waals surface area contributed by atoms with Crippen molar-refractivity contribution in [3.05, 3.63) is 16.6 Å². The predicted octanol–water partition coefficient (Wildman–Crippen LogP) is 1.89. The third-order valence-corrected chi connectivity index (χ3v) is 4.09. The molecule has 84 valence electrons. The molecular weight excluding hydrogens is 206 g/mol. The highest BCUT2D eigenvalue weighted by atomic mass is 32.1. The van der Waals surface area contributed by atoms with Crippen molar-refractivity contribution in [3.63, 3.8) is 0 Å². The first kappa shape index (κ1) is 11.0. The van der Waals surface area contributed by atoms with Gasteiger partial charge in [0.05, 0.1) is 6.04 Å². The molecule has 2 rings (SSSR count). The third-order valence-electron chi connectivity index (χ3n) is 3.14. The van der Waals surface area contributed by atoms with E-state index in [-0.39, 0.29) is 0 Å². The van der Waals surface area contributed by atoms with Crippen molar-refractivity contribution in [2.75, 3.05) is 20.1 Å². The molecule has 1 aliphatic heterocycles. The van der Waals surface area contributed by atoms with Crippen molar-refractivity contribution < 1.29 is 0 Å². The smallest absolute Gasteiger partial charge is 0.109 e. The molecule has 0 spiro atoms. The fourth-order valence-corrected chi connectivity index (χ4v) is 2.81. The summed E-state index contributed by atoms with van der Waals surface area (Å²) in [6.07, 6.45) is 4.53. The SMILES string of the molecule is C[C@H](c1nccs1)N(C)C[C@@H]1CCCN1. The van der Waals surface area contributed by atoms with E-state index in [1.807, 2.05) is 11.6 Å². The fraction of sp³-hybridized carbons (Fsp3) is 0.727. The maximum absolute atomic E-state index is 4.37. The van der Waals surface area contributed by atoms with E-state index >= 15 is 0 Å². The van der Waals surface area contributed by atoms with E-state index in [4.69, 9.17) is 0 Å². The van der Waals surface area contributed by atoms with Crippen molar-refractivity contribution in [3.8, 4) is 0 Å². The lowest BCUT2D eigenvalue weighted by Crippen LogP contribution is -2.36. The minimum absolute atomic E-state index is 0.437. The van der Waals surface area contributed by atoms with Gasteiger partial charge in [0.25, 0.3) is 0 Å². The molecule has 0 radical (unpaired) electrons. The first-order valence-corrected chi connectivity index (χ1v) is 6.48. The average molecular weight is 225 g/mol. The highest BCUT2D eigenvalue weighted by Crippen LogP contribution is 2.21. The van der Waals surface area contributed by atoms with Gasteiger partial charge in [0.1, 0.15) is 5.01 Å².